The predicted octanol–water partition coefficient (Wildman–Crippen LogP) is 2.75. The predicted molar refractivity (Wildman–Crippen MR) is 84.7 cm³/mol. The minimum absolute atomic E-state index is 0.00948. The van der Waals surface area contributed by atoms with Crippen molar-refractivity contribution in [3.63, 3.8) is 0 Å². The number of nitrogen functional groups attached to an aromatic ring is 1. The Kier molecular flexibility index (Phi) is 3.78. The van der Waals surface area contributed by atoms with E-state index in [1.54, 1.807) is 0 Å². The first-order valence-corrected chi connectivity index (χ1v) is 8.16. The Morgan fingerprint density at radius 2 is 2.09 bits per heavy atom. The number of carbonyl (C=O) groups is 1. The summed E-state index contributed by atoms with van der Waals surface area (Å²) >= 11 is 0. The fraction of sp³-hybridized carbons (Fsp3) is 0.750. The Bertz CT molecular complexity index is 557. The van der Waals surface area contributed by atoms with Crippen molar-refractivity contribution in [3.05, 3.63) is 11.8 Å². The second-order valence-electron chi connectivity index (χ2n) is 7.53. The number of hydrogen-bond acceptors (Lipinski definition) is 4. The standard InChI is InChI=1S/C16H26N4O2/c1-16(2,3)20-14(17)9-13(19-20)10-4-7-12(8-10)22-15(21)18-11-5-6-11/h9-12H,4-8,17H2,1-3H3,(H,18,21)/t10-,12+/m0/s1. The molecule has 2 fully saturated rings. The van der Waals surface area contributed by atoms with E-state index in [0.717, 1.165) is 37.8 Å². The number of amides is 1. The van der Waals surface area contributed by atoms with Gasteiger partial charge in [-0.2, -0.15) is 5.10 Å². The maximum atomic E-state index is 11.7. The molecule has 3 N–H and O–H groups in total. The molecule has 1 heterocycles. The second-order valence-corrected chi connectivity index (χ2v) is 7.53. The van der Waals surface area contributed by atoms with E-state index < -0.39 is 0 Å². The number of ether oxygens (including phenoxy) is 1. The molecule has 1 aromatic rings. The van der Waals surface area contributed by atoms with Gasteiger partial charge in [0.25, 0.3) is 0 Å². The molecule has 0 aliphatic heterocycles. The number of aromatic nitrogens is 2. The van der Waals surface area contributed by atoms with Gasteiger partial charge in [-0.15, -0.1) is 0 Å². The van der Waals surface area contributed by atoms with Crippen LogP contribution in [0, 0.1) is 0 Å². The van der Waals surface area contributed by atoms with E-state index in [-0.39, 0.29) is 17.7 Å². The van der Waals surface area contributed by atoms with E-state index in [9.17, 15) is 4.79 Å². The Morgan fingerprint density at radius 1 is 1.36 bits per heavy atom. The third-order valence-corrected chi connectivity index (χ3v) is 4.37. The zero-order chi connectivity index (χ0) is 15.9. The molecule has 2 atom stereocenters. The number of rotatable bonds is 3. The van der Waals surface area contributed by atoms with E-state index >= 15 is 0 Å². The van der Waals surface area contributed by atoms with Crippen LogP contribution in [0.5, 0.6) is 0 Å². The van der Waals surface area contributed by atoms with Crippen molar-refractivity contribution < 1.29 is 9.53 Å². The highest BCUT2D eigenvalue weighted by atomic mass is 16.6. The molecule has 6 nitrogen and oxygen atoms in total. The number of nitrogens with zero attached hydrogens (tertiary/aromatic N) is 2. The SMILES string of the molecule is CC(C)(C)n1nc([C@H]2CC[C@@H](OC(=O)NC3CC3)C2)cc1N. The quantitative estimate of drug-likeness (QED) is 0.899. The van der Waals surface area contributed by atoms with Gasteiger partial charge in [0.05, 0.1) is 11.2 Å². The van der Waals surface area contributed by atoms with Crippen LogP contribution in [0.2, 0.25) is 0 Å². The molecule has 0 bridgehead atoms. The normalized spacial score (nSPS) is 25.2. The first-order valence-electron chi connectivity index (χ1n) is 8.16. The highest BCUT2D eigenvalue weighted by Crippen LogP contribution is 2.37. The smallest absolute Gasteiger partial charge is 0.407 e. The van der Waals surface area contributed by atoms with E-state index in [4.69, 9.17) is 10.5 Å². The van der Waals surface area contributed by atoms with Gasteiger partial charge in [-0.05, 0) is 52.9 Å². The molecular weight excluding hydrogens is 280 g/mol. The van der Waals surface area contributed by atoms with Crippen LogP contribution >= 0.6 is 0 Å². The Morgan fingerprint density at radius 3 is 2.68 bits per heavy atom. The van der Waals surface area contributed by atoms with Crippen molar-refractivity contribution in [1.29, 1.82) is 0 Å². The van der Waals surface area contributed by atoms with Crippen LogP contribution in [0.1, 0.15) is 64.5 Å². The lowest BCUT2D eigenvalue weighted by atomic mass is 10.0. The molecule has 0 radical (unpaired) electrons. The number of hydrogen-bond donors (Lipinski definition) is 2. The molecule has 3 rings (SSSR count). The first-order chi connectivity index (χ1) is 10.3. The van der Waals surface area contributed by atoms with Crippen LogP contribution in [0.4, 0.5) is 10.6 Å². The maximum Gasteiger partial charge on any atom is 0.407 e. The van der Waals surface area contributed by atoms with Gasteiger partial charge in [-0.1, -0.05) is 0 Å². The van der Waals surface area contributed by atoms with Gasteiger partial charge in [-0.25, -0.2) is 9.48 Å². The molecule has 1 amide bonds. The summed E-state index contributed by atoms with van der Waals surface area (Å²) in [5.74, 6) is 1.02. The topological polar surface area (TPSA) is 82.2 Å². The van der Waals surface area contributed by atoms with Gasteiger partial charge < -0.3 is 15.8 Å². The molecule has 1 aromatic heterocycles. The highest BCUT2D eigenvalue weighted by molar-refractivity contribution is 5.68. The van der Waals surface area contributed by atoms with Crippen LogP contribution < -0.4 is 11.1 Å². The summed E-state index contributed by atoms with van der Waals surface area (Å²) < 4.78 is 7.37. The molecule has 2 saturated carbocycles. The average Bonchev–Trinajstić information content (AvgIpc) is 2.94. The van der Waals surface area contributed by atoms with Crippen LogP contribution in [0.15, 0.2) is 6.07 Å². The zero-order valence-electron chi connectivity index (χ0n) is 13.6. The Hall–Kier alpha value is -1.72. The van der Waals surface area contributed by atoms with Crippen molar-refractivity contribution in [1.82, 2.24) is 15.1 Å². The molecule has 2 aliphatic carbocycles. The van der Waals surface area contributed by atoms with Gasteiger partial charge in [0, 0.05) is 18.0 Å². The van der Waals surface area contributed by atoms with Gasteiger partial charge in [0.2, 0.25) is 0 Å². The molecular formula is C16H26N4O2. The molecule has 0 saturated heterocycles. The van der Waals surface area contributed by atoms with Gasteiger partial charge in [-0.3, -0.25) is 0 Å². The van der Waals surface area contributed by atoms with Crippen LogP contribution in [-0.4, -0.2) is 28.0 Å². The largest absolute Gasteiger partial charge is 0.446 e. The second kappa shape index (κ2) is 5.48. The number of carbonyl (C=O) groups excluding carboxylic acids is 1. The van der Waals surface area contributed by atoms with Crippen molar-refractivity contribution in [2.24, 2.45) is 0 Å². The lowest BCUT2D eigenvalue weighted by Crippen LogP contribution is -2.29. The van der Waals surface area contributed by atoms with Gasteiger partial charge in [0.15, 0.2) is 0 Å². The minimum Gasteiger partial charge on any atom is -0.446 e. The molecule has 0 spiro atoms. The molecule has 22 heavy (non-hydrogen) atoms. The molecule has 0 unspecified atom stereocenters. The van der Waals surface area contributed by atoms with Crippen LogP contribution in [0.3, 0.4) is 0 Å². The molecule has 122 valence electrons. The fourth-order valence-corrected chi connectivity index (χ4v) is 3.05. The number of nitrogens with one attached hydrogen (secondary N) is 1. The van der Waals surface area contributed by atoms with Crippen LogP contribution in [-0.2, 0) is 10.3 Å². The number of nitrogens with two attached hydrogens (primary N) is 1. The number of anilines is 1. The first kappa shape index (κ1) is 15.2. The molecule has 0 aromatic carbocycles. The highest BCUT2D eigenvalue weighted by Gasteiger charge is 2.32. The van der Waals surface area contributed by atoms with Crippen molar-refractivity contribution in [2.45, 2.75) is 76.5 Å². The van der Waals surface area contributed by atoms with Gasteiger partial charge in [0.1, 0.15) is 11.9 Å². The summed E-state index contributed by atoms with van der Waals surface area (Å²) in [7, 11) is 0. The number of alkyl carbamates (subject to hydrolysis) is 1. The van der Waals surface area contributed by atoms with E-state index in [1.165, 1.54) is 0 Å². The van der Waals surface area contributed by atoms with Crippen LogP contribution in [0.25, 0.3) is 0 Å². The van der Waals surface area contributed by atoms with Crippen molar-refractivity contribution in [2.75, 3.05) is 5.73 Å². The molecule has 2 aliphatic rings. The lowest BCUT2D eigenvalue weighted by Gasteiger charge is -2.20. The fourth-order valence-electron chi connectivity index (χ4n) is 3.05. The average molecular weight is 306 g/mol. The van der Waals surface area contributed by atoms with E-state index in [0.29, 0.717) is 17.8 Å². The zero-order valence-corrected chi connectivity index (χ0v) is 13.6. The Labute approximate surface area is 131 Å². The van der Waals surface area contributed by atoms with E-state index in [1.807, 2.05) is 10.7 Å². The third-order valence-electron chi connectivity index (χ3n) is 4.37. The Balaban J connectivity index is 1.59. The summed E-state index contributed by atoms with van der Waals surface area (Å²) in [5, 5.41) is 7.54. The van der Waals surface area contributed by atoms with Crippen molar-refractivity contribution in [3.8, 4) is 0 Å². The summed E-state index contributed by atoms with van der Waals surface area (Å²) in [4.78, 5) is 11.7. The summed E-state index contributed by atoms with van der Waals surface area (Å²) in [6.45, 7) is 6.26. The molecule has 6 heteroatoms. The maximum absolute atomic E-state index is 11.7. The third kappa shape index (κ3) is 3.36. The minimum atomic E-state index is -0.270. The van der Waals surface area contributed by atoms with E-state index in [2.05, 4.69) is 31.2 Å². The lowest BCUT2D eigenvalue weighted by molar-refractivity contribution is 0.0997. The summed E-state index contributed by atoms with van der Waals surface area (Å²) in [5.41, 5.74) is 6.97. The monoisotopic (exact) mass is 306 g/mol. The summed E-state index contributed by atoms with van der Waals surface area (Å²) in [6, 6.07) is 2.30. The summed E-state index contributed by atoms with van der Waals surface area (Å²) in [6.07, 6.45) is 4.58. The van der Waals surface area contributed by atoms with Gasteiger partial charge >= 0.3 is 6.09 Å². The van der Waals surface area contributed by atoms with Crippen molar-refractivity contribution >= 4 is 11.9 Å².